The van der Waals surface area contributed by atoms with Gasteiger partial charge in [0.25, 0.3) is 5.69 Å². The first-order chi connectivity index (χ1) is 5.11. The zero-order chi connectivity index (χ0) is 8.43. The highest BCUT2D eigenvalue weighted by atomic mass is 79.9. The second kappa shape index (κ2) is 3.19. The molecule has 1 rings (SSSR count). The first kappa shape index (κ1) is 8.49. The van der Waals surface area contributed by atoms with Crippen LogP contribution in [-0.4, -0.2) is 4.92 Å². The number of halogens is 2. The highest BCUT2D eigenvalue weighted by molar-refractivity contribution is 9.10. The zero-order valence-corrected chi connectivity index (χ0v) is 7.59. The van der Waals surface area contributed by atoms with Gasteiger partial charge in [0, 0.05) is 10.5 Å². The van der Waals surface area contributed by atoms with E-state index in [1.165, 1.54) is 12.1 Å². The third-order valence-corrected chi connectivity index (χ3v) is 1.90. The van der Waals surface area contributed by atoms with E-state index in [0.717, 1.165) is 4.47 Å². The standard InChI is InChI=1S/C6H3BrClNO2/c7-4-1-2-6(9(10)11)5(8)3-4/h1-3H. The van der Waals surface area contributed by atoms with E-state index >= 15 is 0 Å². The Balaban J connectivity index is 3.20. The smallest absolute Gasteiger partial charge is 0.258 e. The molecule has 0 amide bonds. The van der Waals surface area contributed by atoms with E-state index in [1.807, 2.05) is 0 Å². The quantitative estimate of drug-likeness (QED) is 0.556. The summed E-state index contributed by atoms with van der Waals surface area (Å²) in [6, 6.07) is 4.41. The molecule has 0 aliphatic carbocycles. The molecule has 58 valence electrons. The van der Waals surface area contributed by atoms with Crippen molar-refractivity contribution in [2.24, 2.45) is 0 Å². The van der Waals surface area contributed by atoms with Gasteiger partial charge in [0.05, 0.1) is 4.92 Å². The lowest BCUT2D eigenvalue weighted by Crippen LogP contribution is -1.87. The predicted octanol–water partition coefficient (Wildman–Crippen LogP) is 3.01. The molecule has 0 saturated carbocycles. The van der Waals surface area contributed by atoms with Crippen LogP contribution in [0.15, 0.2) is 22.7 Å². The monoisotopic (exact) mass is 235 g/mol. The molecule has 0 N–H and O–H groups in total. The number of hydrogen-bond donors (Lipinski definition) is 0. The molecule has 11 heavy (non-hydrogen) atoms. The van der Waals surface area contributed by atoms with Gasteiger partial charge in [-0.25, -0.2) is 0 Å². The molecular weight excluding hydrogens is 233 g/mol. The van der Waals surface area contributed by atoms with Crippen LogP contribution in [0, 0.1) is 10.1 Å². The summed E-state index contributed by atoms with van der Waals surface area (Å²) in [4.78, 5) is 9.72. The molecule has 0 bridgehead atoms. The second-order valence-electron chi connectivity index (χ2n) is 1.85. The number of nitro groups is 1. The van der Waals surface area contributed by atoms with E-state index in [4.69, 9.17) is 11.6 Å². The van der Waals surface area contributed by atoms with E-state index in [1.54, 1.807) is 6.07 Å². The Bertz CT molecular complexity index is 303. The van der Waals surface area contributed by atoms with Crippen molar-refractivity contribution in [3.05, 3.63) is 37.8 Å². The number of nitrogens with zero attached hydrogens (tertiary/aromatic N) is 1. The maximum atomic E-state index is 10.2. The second-order valence-corrected chi connectivity index (χ2v) is 3.18. The normalized spacial score (nSPS) is 9.64. The Hall–Kier alpha value is -0.610. The predicted molar refractivity (Wildman–Crippen MR) is 45.8 cm³/mol. The molecular formula is C6H3BrClNO2. The van der Waals surface area contributed by atoms with Crippen LogP contribution in [0.2, 0.25) is 5.02 Å². The first-order valence-corrected chi connectivity index (χ1v) is 3.88. The summed E-state index contributed by atoms with van der Waals surface area (Å²) in [7, 11) is 0. The highest BCUT2D eigenvalue weighted by Crippen LogP contribution is 2.26. The van der Waals surface area contributed by atoms with Gasteiger partial charge in [0.2, 0.25) is 0 Å². The van der Waals surface area contributed by atoms with Crippen molar-refractivity contribution in [2.75, 3.05) is 0 Å². The summed E-state index contributed by atoms with van der Waals surface area (Å²) in [5, 5.41) is 10.4. The molecule has 1 aromatic carbocycles. The van der Waals surface area contributed by atoms with Gasteiger partial charge < -0.3 is 0 Å². The van der Waals surface area contributed by atoms with Crippen LogP contribution in [0.25, 0.3) is 0 Å². The van der Waals surface area contributed by atoms with Crippen LogP contribution >= 0.6 is 27.5 Å². The van der Waals surface area contributed by atoms with Crippen LogP contribution in [0.4, 0.5) is 5.69 Å². The summed E-state index contributed by atoms with van der Waals surface area (Å²) in [6.45, 7) is 0. The van der Waals surface area contributed by atoms with E-state index in [2.05, 4.69) is 15.9 Å². The number of nitro benzene ring substituents is 1. The van der Waals surface area contributed by atoms with Crippen LogP contribution in [-0.2, 0) is 0 Å². The third-order valence-electron chi connectivity index (χ3n) is 1.11. The minimum absolute atomic E-state index is 0.0742. The fraction of sp³-hybridized carbons (Fsp3) is 0. The van der Waals surface area contributed by atoms with Gasteiger partial charge in [-0.3, -0.25) is 10.1 Å². The minimum Gasteiger partial charge on any atom is -0.258 e. The minimum atomic E-state index is -0.519. The number of benzene rings is 1. The van der Waals surface area contributed by atoms with Crippen molar-refractivity contribution >= 4 is 33.2 Å². The molecule has 0 radical (unpaired) electrons. The largest absolute Gasteiger partial charge is 0.287 e. The van der Waals surface area contributed by atoms with E-state index in [9.17, 15) is 10.1 Å². The summed E-state index contributed by atoms with van der Waals surface area (Å²) in [5.74, 6) is 0. The van der Waals surface area contributed by atoms with Gasteiger partial charge in [0.15, 0.2) is 0 Å². The Labute approximate surface area is 76.3 Å². The molecule has 5 heteroatoms. The van der Waals surface area contributed by atoms with Gasteiger partial charge in [-0.15, -0.1) is 0 Å². The lowest BCUT2D eigenvalue weighted by molar-refractivity contribution is -0.384. The zero-order valence-electron chi connectivity index (χ0n) is 5.25. The average Bonchev–Trinajstić information content (AvgIpc) is 1.85. The van der Waals surface area contributed by atoms with E-state index in [-0.39, 0.29) is 10.7 Å². The van der Waals surface area contributed by atoms with Crippen molar-refractivity contribution < 1.29 is 4.92 Å². The van der Waals surface area contributed by atoms with Gasteiger partial charge in [-0.1, -0.05) is 27.5 Å². The molecule has 0 aromatic heterocycles. The van der Waals surface area contributed by atoms with Gasteiger partial charge in [0.1, 0.15) is 5.02 Å². The average molecular weight is 236 g/mol. The molecule has 0 heterocycles. The van der Waals surface area contributed by atoms with Crippen molar-refractivity contribution in [1.29, 1.82) is 0 Å². The summed E-state index contributed by atoms with van der Waals surface area (Å²) in [5.41, 5.74) is -0.0742. The molecule has 0 unspecified atom stereocenters. The number of hydrogen-bond acceptors (Lipinski definition) is 2. The van der Waals surface area contributed by atoms with Crippen molar-refractivity contribution in [3.8, 4) is 0 Å². The molecule has 0 aliphatic rings. The Morgan fingerprint density at radius 2 is 2.18 bits per heavy atom. The molecule has 0 saturated heterocycles. The number of rotatable bonds is 1. The van der Waals surface area contributed by atoms with Crippen LogP contribution in [0.5, 0.6) is 0 Å². The topological polar surface area (TPSA) is 43.1 Å². The summed E-state index contributed by atoms with van der Waals surface area (Å²) < 4.78 is 0.730. The molecule has 3 nitrogen and oxygen atoms in total. The lowest BCUT2D eigenvalue weighted by atomic mass is 10.3. The van der Waals surface area contributed by atoms with E-state index in [0.29, 0.717) is 0 Å². The molecule has 0 aliphatic heterocycles. The van der Waals surface area contributed by atoms with Gasteiger partial charge in [-0.05, 0) is 12.1 Å². The first-order valence-electron chi connectivity index (χ1n) is 2.70. The van der Waals surface area contributed by atoms with Crippen LogP contribution in [0.1, 0.15) is 0 Å². The van der Waals surface area contributed by atoms with Gasteiger partial charge >= 0.3 is 0 Å². The lowest BCUT2D eigenvalue weighted by Gasteiger charge is -1.93. The molecule has 0 atom stereocenters. The summed E-state index contributed by atoms with van der Waals surface area (Å²) in [6.07, 6.45) is 0. The molecule has 0 spiro atoms. The Kier molecular flexibility index (Phi) is 2.46. The fourth-order valence-corrected chi connectivity index (χ4v) is 1.37. The Morgan fingerprint density at radius 3 is 2.64 bits per heavy atom. The van der Waals surface area contributed by atoms with E-state index < -0.39 is 4.92 Å². The highest BCUT2D eigenvalue weighted by Gasteiger charge is 2.10. The Morgan fingerprint density at radius 1 is 1.55 bits per heavy atom. The summed E-state index contributed by atoms with van der Waals surface area (Å²) >= 11 is 8.69. The SMILES string of the molecule is O=[N+]([O-])c1ccc(Br)cc1Cl. The molecule has 0 fully saturated rings. The van der Waals surface area contributed by atoms with Crippen LogP contribution in [0.3, 0.4) is 0 Å². The van der Waals surface area contributed by atoms with Gasteiger partial charge in [-0.2, -0.15) is 0 Å². The maximum absolute atomic E-state index is 10.2. The third kappa shape index (κ3) is 1.91. The van der Waals surface area contributed by atoms with Crippen molar-refractivity contribution in [3.63, 3.8) is 0 Å². The fourth-order valence-electron chi connectivity index (χ4n) is 0.629. The van der Waals surface area contributed by atoms with Crippen molar-refractivity contribution in [2.45, 2.75) is 0 Å². The van der Waals surface area contributed by atoms with Crippen LogP contribution < -0.4 is 0 Å². The molecule has 1 aromatic rings. The maximum Gasteiger partial charge on any atom is 0.287 e. The van der Waals surface area contributed by atoms with Crippen molar-refractivity contribution in [1.82, 2.24) is 0 Å².